The first-order valence-electron chi connectivity index (χ1n) is 7.53. The molecule has 1 aliphatic carbocycles. The van der Waals surface area contributed by atoms with Crippen LogP contribution in [0, 0.1) is 10.1 Å². The molecule has 1 fully saturated rings. The Labute approximate surface area is 137 Å². The molecule has 0 aromatic heterocycles. The molecule has 0 saturated heterocycles. The first kappa shape index (κ1) is 16.7. The standard InChI is InChI=1S/C15H20BrN3O3/c16-11-6-7-13(14(10-11)19(21)22)17-9-8-15(20)18-12-4-2-1-3-5-12/h6-7,10,12,17H,1-5,8-9H2,(H,18,20). The molecule has 7 heteroatoms. The van der Waals surface area contributed by atoms with Crippen LogP contribution in [0.1, 0.15) is 38.5 Å². The smallest absolute Gasteiger partial charge is 0.293 e. The maximum Gasteiger partial charge on any atom is 0.293 e. The predicted molar refractivity (Wildman–Crippen MR) is 88.9 cm³/mol. The normalized spacial score (nSPS) is 15.3. The summed E-state index contributed by atoms with van der Waals surface area (Å²) >= 11 is 3.21. The molecule has 2 N–H and O–H groups in total. The Balaban J connectivity index is 1.80. The summed E-state index contributed by atoms with van der Waals surface area (Å²) in [5.74, 6) is -0.000773. The minimum Gasteiger partial charge on any atom is -0.379 e. The fourth-order valence-corrected chi connectivity index (χ4v) is 3.01. The Morgan fingerprint density at radius 2 is 2.05 bits per heavy atom. The second-order valence-electron chi connectivity index (χ2n) is 5.50. The first-order valence-corrected chi connectivity index (χ1v) is 8.33. The Hall–Kier alpha value is -1.63. The summed E-state index contributed by atoms with van der Waals surface area (Å²) in [6.07, 6.45) is 6.02. The van der Waals surface area contributed by atoms with Gasteiger partial charge in [0.2, 0.25) is 5.91 Å². The number of carbonyl (C=O) groups excluding carboxylic acids is 1. The van der Waals surface area contributed by atoms with E-state index in [2.05, 4.69) is 26.6 Å². The van der Waals surface area contributed by atoms with Gasteiger partial charge in [0.25, 0.3) is 5.69 Å². The van der Waals surface area contributed by atoms with E-state index in [4.69, 9.17) is 0 Å². The van der Waals surface area contributed by atoms with Crippen LogP contribution in [0.5, 0.6) is 0 Å². The summed E-state index contributed by atoms with van der Waals surface area (Å²) in [4.78, 5) is 22.4. The lowest BCUT2D eigenvalue weighted by Crippen LogP contribution is -2.36. The second-order valence-corrected chi connectivity index (χ2v) is 6.41. The van der Waals surface area contributed by atoms with Gasteiger partial charge in [-0.25, -0.2) is 0 Å². The summed E-state index contributed by atoms with van der Waals surface area (Å²) in [5, 5.41) is 17.0. The van der Waals surface area contributed by atoms with Crippen molar-refractivity contribution in [2.24, 2.45) is 0 Å². The van der Waals surface area contributed by atoms with Gasteiger partial charge in [-0.1, -0.05) is 35.2 Å². The summed E-state index contributed by atoms with van der Waals surface area (Å²) in [7, 11) is 0. The molecule has 0 aliphatic heterocycles. The zero-order valence-electron chi connectivity index (χ0n) is 12.3. The highest BCUT2D eigenvalue weighted by Crippen LogP contribution is 2.27. The van der Waals surface area contributed by atoms with E-state index in [1.165, 1.54) is 25.3 Å². The number of halogens is 1. The van der Waals surface area contributed by atoms with E-state index < -0.39 is 4.92 Å². The van der Waals surface area contributed by atoms with Crippen molar-refractivity contribution in [3.05, 3.63) is 32.8 Å². The number of amides is 1. The van der Waals surface area contributed by atoms with Crippen LogP contribution in [0.3, 0.4) is 0 Å². The average Bonchev–Trinajstić information content (AvgIpc) is 2.49. The number of nitrogens with zero attached hydrogens (tertiary/aromatic N) is 1. The van der Waals surface area contributed by atoms with E-state index in [9.17, 15) is 14.9 Å². The lowest BCUT2D eigenvalue weighted by atomic mass is 9.95. The van der Waals surface area contributed by atoms with Gasteiger partial charge in [-0.2, -0.15) is 0 Å². The SMILES string of the molecule is O=C(CCNc1ccc(Br)cc1[N+](=O)[O-])NC1CCCCC1. The average molecular weight is 370 g/mol. The number of anilines is 1. The predicted octanol–water partition coefficient (Wildman–Crippen LogP) is 3.61. The van der Waals surface area contributed by atoms with Gasteiger partial charge in [0.05, 0.1) is 4.92 Å². The maximum atomic E-state index is 11.9. The third-order valence-corrected chi connectivity index (χ3v) is 4.29. The molecule has 1 aromatic rings. The lowest BCUT2D eigenvalue weighted by molar-refractivity contribution is -0.384. The molecule has 1 aromatic carbocycles. The molecule has 0 bridgehead atoms. The van der Waals surface area contributed by atoms with Crippen LogP contribution in [0.2, 0.25) is 0 Å². The summed E-state index contributed by atoms with van der Waals surface area (Å²) in [5.41, 5.74) is 0.431. The minimum absolute atomic E-state index is 0.000773. The highest BCUT2D eigenvalue weighted by molar-refractivity contribution is 9.10. The van der Waals surface area contributed by atoms with Crippen LogP contribution in [-0.4, -0.2) is 23.4 Å². The van der Waals surface area contributed by atoms with Crippen molar-refractivity contribution in [1.82, 2.24) is 5.32 Å². The zero-order chi connectivity index (χ0) is 15.9. The molecule has 0 atom stereocenters. The van der Waals surface area contributed by atoms with E-state index in [-0.39, 0.29) is 11.6 Å². The van der Waals surface area contributed by atoms with Crippen LogP contribution in [0.15, 0.2) is 22.7 Å². The summed E-state index contributed by atoms with van der Waals surface area (Å²) in [6, 6.07) is 5.12. The van der Waals surface area contributed by atoms with Gasteiger partial charge >= 0.3 is 0 Å². The van der Waals surface area contributed by atoms with Gasteiger partial charge in [0, 0.05) is 29.5 Å². The third-order valence-electron chi connectivity index (χ3n) is 3.79. The lowest BCUT2D eigenvalue weighted by Gasteiger charge is -2.22. The number of hydrogen-bond donors (Lipinski definition) is 2. The molecule has 2 rings (SSSR count). The van der Waals surface area contributed by atoms with Crippen molar-refractivity contribution >= 4 is 33.2 Å². The molecule has 1 saturated carbocycles. The molecule has 120 valence electrons. The number of hydrogen-bond acceptors (Lipinski definition) is 4. The maximum absolute atomic E-state index is 11.9. The van der Waals surface area contributed by atoms with E-state index in [1.807, 2.05) is 0 Å². The minimum atomic E-state index is -0.435. The fraction of sp³-hybridized carbons (Fsp3) is 0.533. The molecule has 1 amide bonds. The van der Waals surface area contributed by atoms with Gasteiger partial charge in [-0.05, 0) is 25.0 Å². The molecular weight excluding hydrogens is 350 g/mol. The van der Waals surface area contributed by atoms with Crippen molar-refractivity contribution in [3.8, 4) is 0 Å². The number of benzene rings is 1. The highest BCUT2D eigenvalue weighted by Gasteiger charge is 2.16. The largest absolute Gasteiger partial charge is 0.379 e. The van der Waals surface area contributed by atoms with Crippen LogP contribution in [0.25, 0.3) is 0 Å². The summed E-state index contributed by atoms with van der Waals surface area (Å²) < 4.78 is 0.653. The van der Waals surface area contributed by atoms with Crippen LogP contribution in [-0.2, 0) is 4.79 Å². The highest BCUT2D eigenvalue weighted by atomic mass is 79.9. The topological polar surface area (TPSA) is 84.3 Å². The van der Waals surface area contributed by atoms with Crippen molar-refractivity contribution in [2.75, 3.05) is 11.9 Å². The van der Waals surface area contributed by atoms with Gasteiger partial charge in [0.15, 0.2) is 0 Å². The molecule has 1 aliphatic rings. The van der Waals surface area contributed by atoms with Crippen LogP contribution in [0.4, 0.5) is 11.4 Å². The van der Waals surface area contributed by atoms with Gasteiger partial charge < -0.3 is 10.6 Å². The van der Waals surface area contributed by atoms with E-state index in [1.54, 1.807) is 12.1 Å². The van der Waals surface area contributed by atoms with Crippen LogP contribution < -0.4 is 10.6 Å². The molecule has 0 spiro atoms. The van der Waals surface area contributed by atoms with Crippen LogP contribution >= 0.6 is 15.9 Å². The fourth-order valence-electron chi connectivity index (χ4n) is 2.66. The van der Waals surface area contributed by atoms with Gasteiger partial charge in [0.1, 0.15) is 5.69 Å². The number of nitrogens with one attached hydrogen (secondary N) is 2. The van der Waals surface area contributed by atoms with E-state index >= 15 is 0 Å². The molecule has 6 nitrogen and oxygen atoms in total. The van der Waals surface area contributed by atoms with Crippen molar-refractivity contribution in [2.45, 2.75) is 44.6 Å². The van der Waals surface area contributed by atoms with E-state index in [0.717, 1.165) is 12.8 Å². The Morgan fingerprint density at radius 1 is 1.32 bits per heavy atom. The number of nitro benzene ring substituents is 1. The van der Waals surface area contributed by atoms with Gasteiger partial charge in [-0.15, -0.1) is 0 Å². The monoisotopic (exact) mass is 369 g/mol. The second kappa shape index (κ2) is 8.12. The molecule has 0 heterocycles. The molecule has 0 radical (unpaired) electrons. The number of rotatable bonds is 6. The van der Waals surface area contributed by atoms with Crippen molar-refractivity contribution in [3.63, 3.8) is 0 Å². The van der Waals surface area contributed by atoms with Gasteiger partial charge in [-0.3, -0.25) is 14.9 Å². The quantitative estimate of drug-likeness (QED) is 0.592. The Kier molecular flexibility index (Phi) is 6.18. The summed E-state index contributed by atoms with van der Waals surface area (Å²) in [6.45, 7) is 0.376. The first-order chi connectivity index (χ1) is 10.6. The number of carbonyl (C=O) groups is 1. The number of nitro groups is 1. The molecule has 22 heavy (non-hydrogen) atoms. The van der Waals surface area contributed by atoms with Crippen molar-refractivity contribution < 1.29 is 9.72 Å². The zero-order valence-corrected chi connectivity index (χ0v) is 13.9. The molecule has 0 unspecified atom stereocenters. The van der Waals surface area contributed by atoms with Crippen molar-refractivity contribution in [1.29, 1.82) is 0 Å². The Morgan fingerprint density at radius 3 is 2.73 bits per heavy atom. The van der Waals surface area contributed by atoms with E-state index in [0.29, 0.717) is 29.2 Å². The Bertz CT molecular complexity index is 545. The third kappa shape index (κ3) is 4.98. The molecular formula is C15H20BrN3O3.